The summed E-state index contributed by atoms with van der Waals surface area (Å²) < 4.78 is 41.0. The van der Waals surface area contributed by atoms with Gasteiger partial charge in [0.1, 0.15) is 0 Å². The zero-order valence-electron chi connectivity index (χ0n) is 57.5. The molecule has 0 amide bonds. The van der Waals surface area contributed by atoms with E-state index in [2.05, 4.69) is 76.2 Å². The summed E-state index contributed by atoms with van der Waals surface area (Å²) in [6.07, 6.45) is 73.1. The van der Waals surface area contributed by atoms with E-state index in [-0.39, 0.29) is 5.16 Å². The Hall–Kier alpha value is 0.540. The van der Waals surface area contributed by atoms with Crippen molar-refractivity contribution in [2.75, 3.05) is 31.7 Å². The van der Waals surface area contributed by atoms with Crippen LogP contribution >= 0.6 is 14.7 Å². The molecule has 0 bridgehead atoms. The van der Waals surface area contributed by atoms with Crippen LogP contribution in [0, 0.1) is 17.8 Å². The summed E-state index contributed by atoms with van der Waals surface area (Å²) in [5.74, 6) is 1.31. The van der Waals surface area contributed by atoms with Crippen LogP contribution in [0.15, 0.2) is 0 Å². The average Bonchev–Trinajstić information content (AvgIpc) is 3.46. The number of rotatable bonds is 67. The summed E-state index contributed by atoms with van der Waals surface area (Å²) in [4.78, 5) is 0. The summed E-state index contributed by atoms with van der Waals surface area (Å²) in [6, 6.07) is 0. The van der Waals surface area contributed by atoms with Crippen molar-refractivity contribution in [3.05, 3.63) is 0 Å². The summed E-state index contributed by atoms with van der Waals surface area (Å²) in [5, 5.41) is -0.00674. The molecule has 0 radical (unpaired) electrons. The monoisotopic (exact) mass is 1170 g/mol. The van der Waals surface area contributed by atoms with E-state index in [0.717, 1.165) is 44.2 Å². The molecule has 0 aliphatic heterocycles. The van der Waals surface area contributed by atoms with Crippen molar-refractivity contribution < 1.29 is 17.9 Å². The zero-order valence-corrected chi connectivity index (χ0v) is 59.3. The van der Waals surface area contributed by atoms with E-state index in [1.165, 1.54) is 321 Å². The maximum atomic E-state index is 17.4. The van der Waals surface area contributed by atoms with E-state index < -0.39 is 14.7 Å². The van der Waals surface area contributed by atoms with Gasteiger partial charge in [0.25, 0.3) is 0 Å². The maximum absolute atomic E-state index is 17.4. The molecule has 3 unspecified atom stereocenters. The predicted octanol–water partition coefficient (Wildman–Crippen LogP) is 28.5. The predicted molar refractivity (Wildman–Crippen MR) is 367 cm³/mol. The van der Waals surface area contributed by atoms with Gasteiger partial charge in [-0.1, -0.05) is 0 Å². The van der Waals surface area contributed by atoms with Gasteiger partial charge in [0.2, 0.25) is 0 Å². The van der Waals surface area contributed by atoms with Crippen LogP contribution in [-0.2, 0) is 17.9 Å². The molecular weight excluding hydrogens is 1010 g/mol. The standard InChI is InChI=1S/C74H154O4P2/c1-12-23-32-39-43-46-50-57-66-80(67-58-51-47-44-40-33-24-13-2,68-59-52-48-45-41-34-25-14-3,78-79(75,76-69-71(21-10)60-30-19-8)77-70-72(22-11)61-31-20-9)74(64-55-37-28-17-6,65-56-38-29-18-7)73(62-53-36-27-16-5)63-54-49-42-35-26-15-4/h71-73H,12-70H2,1-11H3. The molecule has 6 heteroatoms. The molecule has 0 aliphatic rings. The van der Waals surface area contributed by atoms with Crippen LogP contribution < -0.4 is 0 Å². The molecule has 0 aromatic carbocycles. The van der Waals surface area contributed by atoms with Crippen molar-refractivity contribution in [2.24, 2.45) is 17.8 Å². The Balaban J connectivity index is 9.27. The van der Waals surface area contributed by atoms with Gasteiger partial charge in [-0.25, -0.2) is 0 Å². The van der Waals surface area contributed by atoms with Gasteiger partial charge in [0.15, 0.2) is 0 Å². The Morgan fingerprint density at radius 3 is 0.838 bits per heavy atom. The molecule has 0 fully saturated rings. The van der Waals surface area contributed by atoms with Crippen LogP contribution in [0.2, 0.25) is 0 Å². The van der Waals surface area contributed by atoms with Crippen molar-refractivity contribution in [3.63, 3.8) is 0 Å². The summed E-state index contributed by atoms with van der Waals surface area (Å²) in [7, 11) is -4.08. The molecular formula is C74H154O4P2. The molecule has 0 heterocycles. The third-order valence-electron chi connectivity index (χ3n) is 20.1. The average molecular weight is 1170 g/mol. The van der Waals surface area contributed by atoms with E-state index in [4.69, 9.17) is 13.4 Å². The second kappa shape index (κ2) is 56.1. The van der Waals surface area contributed by atoms with Gasteiger partial charge in [-0.3, -0.25) is 0 Å². The number of phosphoric acid groups is 1. The summed E-state index contributed by atoms with van der Waals surface area (Å²) >= 11 is 0. The Labute approximate surface area is 507 Å². The number of phosphoric ester groups is 1. The first-order chi connectivity index (χ1) is 39.1. The van der Waals surface area contributed by atoms with Gasteiger partial charge < -0.3 is 0 Å². The molecule has 0 aromatic heterocycles. The van der Waals surface area contributed by atoms with Gasteiger partial charge >= 0.3 is 510 Å². The number of hydrogen-bond donors (Lipinski definition) is 0. The van der Waals surface area contributed by atoms with Gasteiger partial charge in [0, 0.05) is 0 Å². The van der Waals surface area contributed by atoms with E-state index in [1.54, 1.807) is 0 Å². The Morgan fingerprint density at radius 2 is 0.550 bits per heavy atom. The molecule has 3 atom stereocenters. The molecule has 0 rings (SSSR count). The molecule has 0 N–H and O–H groups in total. The molecule has 0 saturated carbocycles. The Kier molecular flexibility index (Phi) is 56.5. The van der Waals surface area contributed by atoms with Gasteiger partial charge in [-0.2, -0.15) is 0 Å². The molecule has 0 aromatic rings. The van der Waals surface area contributed by atoms with E-state index in [9.17, 15) is 0 Å². The van der Waals surface area contributed by atoms with E-state index in [0.29, 0.717) is 31.0 Å². The fraction of sp³-hybridized carbons (Fsp3) is 1.00. The molecule has 0 saturated heterocycles. The van der Waals surface area contributed by atoms with E-state index >= 15 is 4.57 Å². The van der Waals surface area contributed by atoms with Crippen molar-refractivity contribution in [1.82, 2.24) is 0 Å². The minimum atomic E-state index is -4.08. The van der Waals surface area contributed by atoms with Crippen molar-refractivity contribution in [3.8, 4) is 0 Å². The first-order valence-corrected chi connectivity index (χ1v) is 41.9. The normalized spacial score (nSPS) is 14.8. The molecule has 484 valence electrons. The Morgan fingerprint density at radius 1 is 0.300 bits per heavy atom. The van der Waals surface area contributed by atoms with Crippen molar-refractivity contribution >= 4 is 14.7 Å². The topological polar surface area (TPSA) is 44.8 Å². The van der Waals surface area contributed by atoms with Crippen LogP contribution in [0.4, 0.5) is 0 Å². The zero-order chi connectivity index (χ0) is 59.0. The fourth-order valence-corrected chi connectivity index (χ4v) is 27.0. The molecule has 4 nitrogen and oxygen atoms in total. The molecule has 80 heavy (non-hydrogen) atoms. The van der Waals surface area contributed by atoms with Crippen LogP contribution in [-0.4, -0.2) is 36.9 Å². The third kappa shape index (κ3) is 36.6. The van der Waals surface area contributed by atoms with Crippen molar-refractivity contribution in [2.45, 2.75) is 428 Å². The molecule has 0 spiro atoms. The minimum absolute atomic E-state index is 0.00674. The third-order valence-corrected chi connectivity index (χ3v) is 30.6. The van der Waals surface area contributed by atoms with Gasteiger partial charge in [-0.15, -0.1) is 0 Å². The van der Waals surface area contributed by atoms with Gasteiger partial charge in [-0.05, 0) is 0 Å². The van der Waals surface area contributed by atoms with Crippen LogP contribution in [0.25, 0.3) is 0 Å². The SMILES string of the molecule is CCCCCCCCCCP(CCCCCCCCCC)(CCCCCCCCCC)(OP(=O)(OCC(CC)CCCC)OCC(CC)CCCC)C(CCCCCC)(CCCCCC)C(CCCCCC)CCCCCCCC. The van der Waals surface area contributed by atoms with E-state index in [1.807, 2.05) is 0 Å². The van der Waals surface area contributed by atoms with Crippen LogP contribution in [0.5, 0.6) is 0 Å². The second-order valence-electron chi connectivity index (χ2n) is 27.0. The quantitative estimate of drug-likeness (QED) is 0.0450. The first-order valence-electron chi connectivity index (χ1n) is 37.7. The summed E-state index contributed by atoms with van der Waals surface area (Å²) in [5.41, 5.74) is 0. The van der Waals surface area contributed by atoms with Crippen LogP contribution in [0.1, 0.15) is 423 Å². The molecule has 0 aliphatic carbocycles. The van der Waals surface area contributed by atoms with Crippen LogP contribution in [0.3, 0.4) is 0 Å². The summed E-state index contributed by atoms with van der Waals surface area (Å²) in [6.45, 7) is 23.4. The fourth-order valence-electron chi connectivity index (χ4n) is 14.5. The number of unbranched alkanes of at least 4 members (excludes halogenated alkanes) is 37. The Bertz CT molecular complexity index is 1220. The first kappa shape index (κ1) is 80.5. The van der Waals surface area contributed by atoms with Gasteiger partial charge in [0.05, 0.1) is 0 Å². The number of hydrogen-bond acceptors (Lipinski definition) is 4. The van der Waals surface area contributed by atoms with Crippen molar-refractivity contribution in [1.29, 1.82) is 0 Å². The second-order valence-corrected chi connectivity index (χ2v) is 34.5.